The number of benzene rings is 1. The van der Waals surface area contributed by atoms with Gasteiger partial charge >= 0.3 is 0 Å². The largest absolute Gasteiger partial charge is 0.454 e. The first-order chi connectivity index (χ1) is 13.3. The normalized spacial score (nSPS) is 16.7. The lowest BCUT2D eigenvalue weighted by molar-refractivity contribution is 0.0982. The van der Waals surface area contributed by atoms with E-state index in [1.165, 1.54) is 6.42 Å². The van der Waals surface area contributed by atoms with Crippen LogP contribution in [0.3, 0.4) is 0 Å². The predicted octanol–water partition coefficient (Wildman–Crippen LogP) is 5.27. The van der Waals surface area contributed by atoms with Crippen molar-refractivity contribution in [3.8, 4) is 11.5 Å². The van der Waals surface area contributed by atoms with Crippen LogP contribution in [0.4, 0.5) is 0 Å². The van der Waals surface area contributed by atoms with Crippen molar-refractivity contribution >= 4 is 5.78 Å². The molecule has 0 spiro atoms. The first-order valence-corrected chi connectivity index (χ1v) is 9.96. The van der Waals surface area contributed by atoms with Crippen LogP contribution in [0.2, 0.25) is 0 Å². The SMILES string of the molecule is C=CCCCCC=CC=C(C(=O)c1ccc2c(c1)OCO2)N1CCCCC1. The molecule has 0 unspecified atom stereocenters. The van der Waals surface area contributed by atoms with Crippen LogP contribution < -0.4 is 9.47 Å². The molecule has 0 amide bonds. The minimum atomic E-state index is 0.0477. The number of unbranched alkanes of at least 4 members (excludes halogenated alkanes) is 3. The highest BCUT2D eigenvalue weighted by atomic mass is 16.7. The summed E-state index contributed by atoms with van der Waals surface area (Å²) in [6, 6.07) is 5.44. The van der Waals surface area contributed by atoms with E-state index in [1.54, 1.807) is 6.07 Å². The number of carbonyl (C=O) groups excluding carboxylic acids is 1. The van der Waals surface area contributed by atoms with Crippen LogP contribution in [0.5, 0.6) is 11.5 Å². The third kappa shape index (κ3) is 5.25. The Bertz CT molecular complexity index is 714. The Balaban J connectivity index is 1.72. The molecule has 2 aliphatic rings. The molecule has 2 aliphatic heterocycles. The number of nitrogens with zero attached hydrogens (tertiary/aromatic N) is 1. The average molecular weight is 367 g/mol. The summed E-state index contributed by atoms with van der Waals surface area (Å²) in [6.07, 6.45) is 16.0. The van der Waals surface area contributed by atoms with Crippen LogP contribution in [0.1, 0.15) is 55.3 Å². The molecule has 0 aromatic heterocycles. The molecule has 27 heavy (non-hydrogen) atoms. The Morgan fingerprint density at radius 2 is 1.85 bits per heavy atom. The summed E-state index contributed by atoms with van der Waals surface area (Å²) < 4.78 is 10.8. The van der Waals surface area contributed by atoms with E-state index in [1.807, 2.05) is 30.4 Å². The van der Waals surface area contributed by atoms with Crippen molar-refractivity contribution in [1.82, 2.24) is 4.90 Å². The van der Waals surface area contributed by atoms with E-state index in [-0.39, 0.29) is 12.6 Å². The molecule has 1 aromatic carbocycles. The highest BCUT2D eigenvalue weighted by molar-refractivity contribution is 6.08. The van der Waals surface area contributed by atoms with Gasteiger partial charge in [0.05, 0.1) is 5.70 Å². The van der Waals surface area contributed by atoms with E-state index in [2.05, 4.69) is 17.6 Å². The number of piperidine rings is 1. The first kappa shape index (κ1) is 19.3. The molecule has 0 radical (unpaired) electrons. The van der Waals surface area contributed by atoms with E-state index in [0.717, 1.165) is 57.3 Å². The van der Waals surface area contributed by atoms with Crippen molar-refractivity contribution in [2.24, 2.45) is 0 Å². The number of rotatable bonds is 9. The standard InChI is InChI=1S/C23H29NO3/c1-2-3-4-5-6-7-9-12-20(24-15-10-8-11-16-24)23(25)19-13-14-21-22(17-19)27-18-26-21/h2,7,9,12-14,17H,1,3-6,8,10-11,15-16,18H2. The number of fused-ring (bicyclic) bond motifs is 1. The molecule has 1 saturated heterocycles. The third-order valence-corrected chi connectivity index (χ3v) is 4.98. The van der Waals surface area contributed by atoms with Gasteiger partial charge in [-0.3, -0.25) is 4.79 Å². The molecular formula is C23H29NO3. The number of ketones is 1. The molecule has 3 rings (SSSR count). The maximum atomic E-state index is 13.2. The van der Waals surface area contributed by atoms with E-state index >= 15 is 0 Å². The third-order valence-electron chi connectivity index (χ3n) is 4.98. The van der Waals surface area contributed by atoms with Gasteiger partial charge < -0.3 is 14.4 Å². The van der Waals surface area contributed by atoms with E-state index in [9.17, 15) is 4.79 Å². The molecule has 4 nitrogen and oxygen atoms in total. The maximum absolute atomic E-state index is 13.2. The molecule has 1 fully saturated rings. The summed E-state index contributed by atoms with van der Waals surface area (Å²) in [4.78, 5) is 15.4. The summed E-state index contributed by atoms with van der Waals surface area (Å²) in [7, 11) is 0. The molecule has 144 valence electrons. The fourth-order valence-corrected chi connectivity index (χ4v) is 3.45. The van der Waals surface area contributed by atoms with Crippen molar-refractivity contribution in [3.05, 3.63) is 60.3 Å². The Labute approximate surface area is 162 Å². The first-order valence-electron chi connectivity index (χ1n) is 9.96. The number of Topliss-reactive ketones (excluding diaryl/α,β-unsaturated/α-hetero) is 1. The number of allylic oxidation sites excluding steroid dienone is 5. The Morgan fingerprint density at radius 1 is 1.07 bits per heavy atom. The molecule has 2 heterocycles. The molecule has 0 saturated carbocycles. The lowest BCUT2D eigenvalue weighted by Gasteiger charge is -2.30. The zero-order chi connectivity index (χ0) is 18.9. The zero-order valence-corrected chi connectivity index (χ0v) is 16.0. The number of hydrogen-bond acceptors (Lipinski definition) is 4. The van der Waals surface area contributed by atoms with Crippen molar-refractivity contribution in [1.29, 1.82) is 0 Å². The van der Waals surface area contributed by atoms with Crippen molar-refractivity contribution in [3.63, 3.8) is 0 Å². The second-order valence-electron chi connectivity index (χ2n) is 7.00. The van der Waals surface area contributed by atoms with E-state index in [4.69, 9.17) is 9.47 Å². The highest BCUT2D eigenvalue weighted by Crippen LogP contribution is 2.33. The maximum Gasteiger partial charge on any atom is 0.231 e. The lowest BCUT2D eigenvalue weighted by Crippen LogP contribution is -2.32. The molecule has 0 bridgehead atoms. The Morgan fingerprint density at radius 3 is 2.67 bits per heavy atom. The highest BCUT2D eigenvalue weighted by Gasteiger charge is 2.22. The van der Waals surface area contributed by atoms with Gasteiger partial charge in [0.15, 0.2) is 11.5 Å². The second-order valence-corrected chi connectivity index (χ2v) is 7.00. The molecular weight excluding hydrogens is 338 g/mol. The van der Waals surface area contributed by atoms with Crippen molar-refractivity contribution < 1.29 is 14.3 Å². The minimum Gasteiger partial charge on any atom is -0.454 e. The summed E-state index contributed by atoms with van der Waals surface area (Å²) in [5.41, 5.74) is 1.42. The molecule has 0 N–H and O–H groups in total. The van der Waals surface area contributed by atoms with Gasteiger partial charge in [0.1, 0.15) is 0 Å². The number of hydrogen-bond donors (Lipinski definition) is 0. The van der Waals surface area contributed by atoms with Crippen LogP contribution in [0.25, 0.3) is 0 Å². The second kappa shape index (κ2) is 10.0. The minimum absolute atomic E-state index is 0.0477. The lowest BCUT2D eigenvalue weighted by atomic mass is 10.0. The zero-order valence-electron chi connectivity index (χ0n) is 16.0. The smallest absolute Gasteiger partial charge is 0.231 e. The van der Waals surface area contributed by atoms with Gasteiger partial charge in [0, 0.05) is 18.7 Å². The van der Waals surface area contributed by atoms with E-state index in [0.29, 0.717) is 17.1 Å². The predicted molar refractivity (Wildman–Crippen MR) is 108 cm³/mol. The Kier molecular flexibility index (Phi) is 7.14. The van der Waals surface area contributed by atoms with Gasteiger partial charge in [-0.2, -0.15) is 0 Å². The van der Waals surface area contributed by atoms with Gasteiger partial charge in [-0.1, -0.05) is 18.2 Å². The summed E-state index contributed by atoms with van der Waals surface area (Å²) in [5.74, 6) is 1.40. The summed E-state index contributed by atoms with van der Waals surface area (Å²) in [6.45, 7) is 5.85. The number of carbonyl (C=O) groups is 1. The topological polar surface area (TPSA) is 38.8 Å². The molecule has 1 aromatic rings. The number of likely N-dealkylation sites (tertiary alicyclic amines) is 1. The Hall–Kier alpha value is -2.49. The van der Waals surface area contributed by atoms with Crippen LogP contribution >= 0.6 is 0 Å². The average Bonchev–Trinajstić information content (AvgIpc) is 3.18. The molecule has 0 atom stereocenters. The monoisotopic (exact) mass is 367 g/mol. The number of ether oxygens (including phenoxy) is 2. The molecule has 0 aliphatic carbocycles. The van der Waals surface area contributed by atoms with Gasteiger partial charge in [-0.15, -0.1) is 6.58 Å². The van der Waals surface area contributed by atoms with Gasteiger partial charge in [-0.05, 0) is 69.2 Å². The fraction of sp³-hybridized carbons (Fsp3) is 0.435. The summed E-state index contributed by atoms with van der Waals surface area (Å²) in [5, 5.41) is 0. The summed E-state index contributed by atoms with van der Waals surface area (Å²) >= 11 is 0. The van der Waals surface area contributed by atoms with Crippen molar-refractivity contribution in [2.75, 3.05) is 19.9 Å². The van der Waals surface area contributed by atoms with E-state index < -0.39 is 0 Å². The van der Waals surface area contributed by atoms with Gasteiger partial charge in [0.25, 0.3) is 0 Å². The van der Waals surface area contributed by atoms with Crippen LogP contribution in [-0.4, -0.2) is 30.6 Å². The van der Waals surface area contributed by atoms with Crippen LogP contribution in [-0.2, 0) is 0 Å². The van der Waals surface area contributed by atoms with Crippen LogP contribution in [0, 0.1) is 0 Å². The fourth-order valence-electron chi connectivity index (χ4n) is 3.45. The van der Waals surface area contributed by atoms with Crippen molar-refractivity contribution in [2.45, 2.75) is 44.9 Å². The van der Waals surface area contributed by atoms with Crippen LogP contribution in [0.15, 0.2) is 54.8 Å². The quantitative estimate of drug-likeness (QED) is 0.196. The van der Waals surface area contributed by atoms with Gasteiger partial charge in [0.2, 0.25) is 12.6 Å². The van der Waals surface area contributed by atoms with Gasteiger partial charge in [-0.25, -0.2) is 0 Å². The molecule has 4 heteroatoms.